The number of hydrogen-bond acceptors (Lipinski definition) is 3. The van der Waals surface area contributed by atoms with Gasteiger partial charge in [-0.2, -0.15) is 0 Å². The second-order valence-corrected chi connectivity index (χ2v) is 6.78. The highest BCUT2D eigenvalue weighted by molar-refractivity contribution is 5.79. The summed E-state index contributed by atoms with van der Waals surface area (Å²) in [5, 5.41) is 6.66. The van der Waals surface area contributed by atoms with Crippen molar-refractivity contribution in [2.75, 3.05) is 32.8 Å². The third-order valence-electron chi connectivity index (χ3n) is 4.54. The molecule has 1 aliphatic rings. The van der Waals surface area contributed by atoms with E-state index in [0.29, 0.717) is 19.6 Å². The Morgan fingerprint density at radius 1 is 1.22 bits per heavy atom. The summed E-state index contributed by atoms with van der Waals surface area (Å²) in [4.78, 5) is 18.3. The number of hydrogen-bond donors (Lipinski definition) is 2. The van der Waals surface area contributed by atoms with Crippen LogP contribution in [-0.4, -0.2) is 49.6 Å². The highest BCUT2D eigenvalue weighted by atomic mass is 16.5. The summed E-state index contributed by atoms with van der Waals surface area (Å²) in [5.41, 5.74) is 2.38. The fraction of sp³-hybridized carbons (Fsp3) is 0.619. The van der Waals surface area contributed by atoms with Crippen LogP contribution in [0.1, 0.15) is 50.7 Å². The molecular formula is C21H34N4O2. The zero-order valence-corrected chi connectivity index (χ0v) is 16.8. The minimum atomic E-state index is 0.289. The molecule has 0 spiro atoms. The Labute approximate surface area is 163 Å². The quantitative estimate of drug-likeness (QED) is 0.355. The van der Waals surface area contributed by atoms with Gasteiger partial charge in [-0.3, -0.25) is 4.79 Å². The van der Waals surface area contributed by atoms with E-state index in [9.17, 15) is 4.79 Å². The van der Waals surface area contributed by atoms with Crippen molar-refractivity contribution >= 4 is 11.9 Å². The monoisotopic (exact) mass is 374 g/mol. The van der Waals surface area contributed by atoms with Crippen LogP contribution in [0.4, 0.5) is 0 Å². The number of carbonyl (C=O) groups excluding carboxylic acids is 1. The Bertz CT molecular complexity index is 604. The van der Waals surface area contributed by atoms with Crippen molar-refractivity contribution in [1.82, 2.24) is 15.5 Å². The summed E-state index contributed by atoms with van der Waals surface area (Å²) in [5.74, 6) is 1.10. The number of carbonyl (C=O) groups is 1. The van der Waals surface area contributed by atoms with Crippen LogP contribution in [0.15, 0.2) is 29.3 Å². The Morgan fingerprint density at radius 2 is 2.04 bits per heavy atom. The molecule has 0 unspecified atom stereocenters. The predicted octanol–water partition coefficient (Wildman–Crippen LogP) is 2.68. The van der Waals surface area contributed by atoms with Crippen molar-refractivity contribution in [2.24, 2.45) is 4.99 Å². The van der Waals surface area contributed by atoms with Crippen LogP contribution in [0.3, 0.4) is 0 Å². The van der Waals surface area contributed by atoms with Gasteiger partial charge in [-0.15, -0.1) is 0 Å². The molecule has 2 N–H and O–H groups in total. The van der Waals surface area contributed by atoms with Gasteiger partial charge in [0.2, 0.25) is 5.91 Å². The van der Waals surface area contributed by atoms with Gasteiger partial charge >= 0.3 is 0 Å². The highest BCUT2D eigenvalue weighted by Gasteiger charge is 2.18. The summed E-state index contributed by atoms with van der Waals surface area (Å²) >= 11 is 0. The molecule has 1 aromatic rings. The number of guanidine groups is 1. The molecule has 0 radical (unpaired) electrons. The predicted molar refractivity (Wildman–Crippen MR) is 110 cm³/mol. The zero-order valence-electron chi connectivity index (χ0n) is 16.8. The van der Waals surface area contributed by atoms with Crippen LogP contribution in [0.2, 0.25) is 0 Å². The van der Waals surface area contributed by atoms with Crippen LogP contribution in [-0.2, 0) is 22.7 Å². The summed E-state index contributed by atoms with van der Waals surface area (Å²) in [7, 11) is 0. The second kappa shape index (κ2) is 12.3. The topological polar surface area (TPSA) is 66.0 Å². The van der Waals surface area contributed by atoms with Gasteiger partial charge in [0, 0.05) is 39.2 Å². The first-order valence-electron chi connectivity index (χ1n) is 10.2. The molecule has 1 saturated heterocycles. The van der Waals surface area contributed by atoms with Gasteiger partial charge in [0.15, 0.2) is 5.96 Å². The normalized spacial score (nSPS) is 14.7. The van der Waals surface area contributed by atoms with Crippen LogP contribution < -0.4 is 10.6 Å². The maximum Gasteiger partial charge on any atom is 0.222 e. The van der Waals surface area contributed by atoms with E-state index in [1.165, 1.54) is 11.1 Å². The molecule has 0 aromatic heterocycles. The Kier molecular flexibility index (Phi) is 9.69. The standard InChI is InChI=1S/C21H34N4O2/c1-3-15-27-17-19-10-6-5-9-18(19)16-24-21(22-4-2)23-12-8-14-25-13-7-11-20(25)26/h5-6,9-10H,3-4,7-8,11-17H2,1-2H3,(H2,22,23,24). The minimum Gasteiger partial charge on any atom is -0.377 e. The van der Waals surface area contributed by atoms with E-state index in [2.05, 4.69) is 36.6 Å². The van der Waals surface area contributed by atoms with E-state index in [0.717, 1.165) is 58.0 Å². The number of benzene rings is 1. The third-order valence-corrected chi connectivity index (χ3v) is 4.54. The van der Waals surface area contributed by atoms with Crippen molar-refractivity contribution in [1.29, 1.82) is 0 Å². The van der Waals surface area contributed by atoms with Gasteiger partial charge < -0.3 is 20.3 Å². The van der Waals surface area contributed by atoms with E-state index in [1.807, 2.05) is 17.0 Å². The number of rotatable bonds is 11. The molecule has 2 rings (SSSR count). The van der Waals surface area contributed by atoms with E-state index in [4.69, 9.17) is 9.73 Å². The van der Waals surface area contributed by atoms with Crippen molar-refractivity contribution in [3.05, 3.63) is 35.4 Å². The first-order chi connectivity index (χ1) is 13.2. The summed E-state index contributed by atoms with van der Waals surface area (Å²) < 4.78 is 5.69. The number of likely N-dealkylation sites (tertiary alicyclic amines) is 1. The van der Waals surface area contributed by atoms with E-state index in [-0.39, 0.29) is 5.91 Å². The minimum absolute atomic E-state index is 0.289. The summed E-state index contributed by atoms with van der Waals surface area (Å²) in [6.45, 7) is 9.55. The first kappa shape index (κ1) is 21.2. The lowest BCUT2D eigenvalue weighted by molar-refractivity contribution is -0.127. The molecule has 0 bridgehead atoms. The molecule has 1 fully saturated rings. The van der Waals surface area contributed by atoms with Crippen molar-refractivity contribution in [2.45, 2.75) is 52.7 Å². The maximum atomic E-state index is 11.6. The van der Waals surface area contributed by atoms with Crippen LogP contribution >= 0.6 is 0 Å². The van der Waals surface area contributed by atoms with Gasteiger partial charge in [-0.25, -0.2) is 4.99 Å². The number of ether oxygens (including phenoxy) is 1. The average Bonchev–Trinajstić information content (AvgIpc) is 3.09. The van der Waals surface area contributed by atoms with Gasteiger partial charge in [-0.1, -0.05) is 31.2 Å². The SMILES string of the molecule is CCCOCc1ccccc1CN=C(NCC)NCCCN1CCCC1=O. The molecule has 6 nitrogen and oxygen atoms in total. The lowest BCUT2D eigenvalue weighted by Gasteiger charge is -2.16. The second-order valence-electron chi connectivity index (χ2n) is 6.78. The largest absolute Gasteiger partial charge is 0.377 e. The van der Waals surface area contributed by atoms with Gasteiger partial charge in [0.05, 0.1) is 13.2 Å². The molecule has 0 aliphatic carbocycles. The van der Waals surface area contributed by atoms with Gasteiger partial charge in [0.25, 0.3) is 0 Å². The molecule has 6 heteroatoms. The molecule has 1 heterocycles. The fourth-order valence-corrected chi connectivity index (χ4v) is 3.10. The highest BCUT2D eigenvalue weighted by Crippen LogP contribution is 2.12. The van der Waals surface area contributed by atoms with Crippen molar-refractivity contribution in [3.8, 4) is 0 Å². The summed E-state index contributed by atoms with van der Waals surface area (Å²) in [6, 6.07) is 8.30. The number of nitrogens with zero attached hydrogens (tertiary/aromatic N) is 2. The fourth-order valence-electron chi connectivity index (χ4n) is 3.10. The van der Waals surface area contributed by atoms with Crippen LogP contribution in [0.25, 0.3) is 0 Å². The van der Waals surface area contributed by atoms with E-state index < -0.39 is 0 Å². The Balaban J connectivity index is 1.82. The van der Waals surface area contributed by atoms with Crippen molar-refractivity contribution < 1.29 is 9.53 Å². The van der Waals surface area contributed by atoms with E-state index in [1.54, 1.807) is 0 Å². The molecule has 1 aliphatic heterocycles. The zero-order chi connectivity index (χ0) is 19.3. The van der Waals surface area contributed by atoms with Crippen molar-refractivity contribution in [3.63, 3.8) is 0 Å². The van der Waals surface area contributed by atoms with Gasteiger partial charge in [0.1, 0.15) is 0 Å². The first-order valence-corrected chi connectivity index (χ1v) is 10.2. The number of amides is 1. The third kappa shape index (κ3) is 7.59. The Morgan fingerprint density at radius 3 is 2.74 bits per heavy atom. The van der Waals surface area contributed by atoms with E-state index >= 15 is 0 Å². The smallest absolute Gasteiger partial charge is 0.222 e. The van der Waals surface area contributed by atoms with Crippen LogP contribution in [0, 0.1) is 0 Å². The number of aliphatic imine (C=N–C) groups is 1. The number of nitrogens with one attached hydrogen (secondary N) is 2. The molecule has 150 valence electrons. The van der Waals surface area contributed by atoms with Crippen LogP contribution in [0.5, 0.6) is 0 Å². The lowest BCUT2D eigenvalue weighted by Crippen LogP contribution is -2.39. The molecule has 1 aromatic carbocycles. The van der Waals surface area contributed by atoms with Gasteiger partial charge in [-0.05, 0) is 37.3 Å². The molecule has 0 atom stereocenters. The Hall–Kier alpha value is -2.08. The lowest BCUT2D eigenvalue weighted by atomic mass is 10.1. The molecule has 27 heavy (non-hydrogen) atoms. The summed E-state index contributed by atoms with van der Waals surface area (Å²) in [6.07, 6.45) is 3.66. The molecule has 0 saturated carbocycles. The maximum absolute atomic E-state index is 11.6. The molecule has 1 amide bonds. The average molecular weight is 375 g/mol. The molecular weight excluding hydrogens is 340 g/mol.